The van der Waals surface area contributed by atoms with Crippen LogP contribution < -0.4 is 5.32 Å². The molecule has 272 valence electrons. The molecule has 0 atom stereocenters. The topological polar surface area (TPSA) is 111 Å². The van der Waals surface area contributed by atoms with Crippen LogP contribution in [-0.4, -0.2) is 152 Å². The number of hydrogen-bond acceptors (Lipinski definition) is 9. The van der Waals surface area contributed by atoms with E-state index in [1.165, 1.54) is 24.8 Å². The van der Waals surface area contributed by atoms with E-state index in [4.69, 9.17) is 28.4 Å². The third kappa shape index (κ3) is 11.1. The first-order chi connectivity index (χ1) is 23.4. The van der Waals surface area contributed by atoms with Gasteiger partial charge in [0.1, 0.15) is 6.54 Å². The standard InChI is InChI=1S/C36H60N4O8/c1-38(2)36(32-10-5-4-6-11-32)14-12-35(13-15-36)30-39(34(42)40(35)28-31-8-7-9-31)29-33(41)37-16-17-44-20-21-46-24-25-48-27-26-47-23-22-45-19-18-43-3/h4-6,10-11,31H,7-9,12-30H2,1-3H3,(H,37,41)/t35-,36+. The minimum Gasteiger partial charge on any atom is -0.382 e. The van der Waals surface area contributed by atoms with Gasteiger partial charge in [-0.1, -0.05) is 36.8 Å². The number of carbonyl (C=O) groups excluding carboxylic acids is 2. The molecule has 2 saturated carbocycles. The Morgan fingerprint density at radius 3 is 1.85 bits per heavy atom. The molecule has 3 aliphatic rings. The van der Waals surface area contributed by atoms with E-state index in [2.05, 4.69) is 59.5 Å². The molecule has 0 unspecified atom stereocenters. The maximum Gasteiger partial charge on any atom is 0.321 e. The van der Waals surface area contributed by atoms with Gasteiger partial charge in [-0.25, -0.2) is 4.79 Å². The zero-order valence-electron chi connectivity index (χ0n) is 29.6. The first-order valence-corrected chi connectivity index (χ1v) is 17.8. The SMILES string of the molecule is COCCOCCOCCOCCOCCOCCNC(=O)CN1C[C@]2(CC[C@](c3ccccc3)(N(C)C)CC2)N(CC2CCC2)C1=O. The van der Waals surface area contributed by atoms with Crippen molar-refractivity contribution in [3.8, 4) is 0 Å². The van der Waals surface area contributed by atoms with E-state index in [0.717, 1.165) is 32.2 Å². The Kier molecular flexibility index (Phi) is 16.3. The molecular formula is C36H60N4O8. The molecule has 0 aromatic heterocycles. The average Bonchev–Trinajstić information content (AvgIpc) is 3.31. The van der Waals surface area contributed by atoms with Gasteiger partial charge in [-0.3, -0.25) is 9.69 Å². The lowest BCUT2D eigenvalue weighted by Crippen LogP contribution is -2.56. The summed E-state index contributed by atoms with van der Waals surface area (Å²) >= 11 is 0. The predicted molar refractivity (Wildman–Crippen MR) is 183 cm³/mol. The van der Waals surface area contributed by atoms with Crippen LogP contribution in [0.2, 0.25) is 0 Å². The highest BCUT2D eigenvalue weighted by Gasteiger charge is 2.55. The molecule has 1 spiro atoms. The summed E-state index contributed by atoms with van der Waals surface area (Å²) in [5.41, 5.74) is 1.08. The van der Waals surface area contributed by atoms with E-state index in [1.807, 2.05) is 0 Å². The van der Waals surface area contributed by atoms with Crippen molar-refractivity contribution in [1.82, 2.24) is 20.0 Å². The fourth-order valence-electron chi connectivity index (χ4n) is 7.13. The van der Waals surface area contributed by atoms with Crippen LogP contribution in [0.4, 0.5) is 4.79 Å². The molecule has 1 N–H and O–H groups in total. The highest BCUT2D eigenvalue weighted by Crippen LogP contribution is 2.49. The second-order valence-corrected chi connectivity index (χ2v) is 13.5. The molecule has 1 aromatic rings. The number of rotatable bonds is 24. The van der Waals surface area contributed by atoms with Crippen molar-refractivity contribution < 1.29 is 38.0 Å². The van der Waals surface area contributed by atoms with E-state index in [9.17, 15) is 9.59 Å². The molecule has 2 aliphatic carbocycles. The summed E-state index contributed by atoms with van der Waals surface area (Å²) in [6.07, 6.45) is 7.44. The number of methoxy groups -OCH3 is 1. The van der Waals surface area contributed by atoms with Crippen LogP contribution in [-0.2, 0) is 38.8 Å². The van der Waals surface area contributed by atoms with Crippen molar-refractivity contribution in [3.05, 3.63) is 35.9 Å². The summed E-state index contributed by atoms with van der Waals surface area (Å²) in [5, 5.41) is 2.93. The van der Waals surface area contributed by atoms with Crippen LogP contribution in [0.1, 0.15) is 50.5 Å². The van der Waals surface area contributed by atoms with Crippen LogP contribution in [0.25, 0.3) is 0 Å². The molecule has 48 heavy (non-hydrogen) atoms. The van der Waals surface area contributed by atoms with Crippen LogP contribution in [0, 0.1) is 5.92 Å². The molecule has 4 rings (SSSR count). The van der Waals surface area contributed by atoms with Gasteiger partial charge in [-0.2, -0.15) is 0 Å². The third-order valence-electron chi connectivity index (χ3n) is 10.2. The number of nitrogens with zero attached hydrogens (tertiary/aromatic N) is 3. The summed E-state index contributed by atoms with van der Waals surface area (Å²) in [6, 6.07) is 10.8. The second kappa shape index (κ2) is 20.4. The lowest BCUT2D eigenvalue weighted by Gasteiger charge is -2.51. The smallest absolute Gasteiger partial charge is 0.321 e. The quantitative estimate of drug-likeness (QED) is 0.165. The number of nitrogens with one attached hydrogen (secondary N) is 1. The minimum atomic E-state index is -0.220. The van der Waals surface area contributed by atoms with Crippen molar-refractivity contribution in [2.45, 2.75) is 56.0 Å². The number of ether oxygens (including phenoxy) is 6. The number of benzene rings is 1. The summed E-state index contributed by atoms with van der Waals surface area (Å²) in [4.78, 5) is 33.0. The molecule has 1 aliphatic heterocycles. The maximum absolute atomic E-state index is 13.8. The zero-order chi connectivity index (χ0) is 34.1. The summed E-state index contributed by atoms with van der Waals surface area (Å²) in [6.45, 7) is 7.37. The van der Waals surface area contributed by atoms with Gasteiger partial charge in [0.25, 0.3) is 0 Å². The highest BCUT2D eigenvalue weighted by molar-refractivity contribution is 5.86. The van der Waals surface area contributed by atoms with Crippen molar-refractivity contribution >= 4 is 11.9 Å². The molecule has 3 fully saturated rings. The Labute approximate surface area is 287 Å². The Balaban J connectivity index is 1.10. The van der Waals surface area contributed by atoms with Crippen LogP contribution in [0.5, 0.6) is 0 Å². The van der Waals surface area contributed by atoms with Crippen LogP contribution in [0.3, 0.4) is 0 Å². The Bertz CT molecular complexity index is 1070. The van der Waals surface area contributed by atoms with Gasteiger partial charge < -0.3 is 43.5 Å². The first kappa shape index (κ1) is 38.5. The number of amides is 3. The number of urea groups is 1. The van der Waals surface area contributed by atoms with Gasteiger partial charge in [0, 0.05) is 32.3 Å². The van der Waals surface area contributed by atoms with E-state index in [0.29, 0.717) is 91.7 Å². The number of carbonyl (C=O) groups is 2. The third-order valence-corrected chi connectivity index (χ3v) is 10.2. The van der Waals surface area contributed by atoms with Gasteiger partial charge in [0.15, 0.2) is 0 Å². The van der Waals surface area contributed by atoms with Crippen LogP contribution >= 0.6 is 0 Å². The highest BCUT2D eigenvalue weighted by atomic mass is 16.6. The van der Waals surface area contributed by atoms with E-state index in [1.54, 1.807) is 12.0 Å². The van der Waals surface area contributed by atoms with Crippen molar-refractivity contribution in [1.29, 1.82) is 0 Å². The fourth-order valence-corrected chi connectivity index (χ4v) is 7.13. The molecule has 12 nitrogen and oxygen atoms in total. The lowest BCUT2D eigenvalue weighted by atomic mass is 9.68. The molecule has 1 aromatic carbocycles. The van der Waals surface area contributed by atoms with Crippen molar-refractivity contribution in [2.24, 2.45) is 5.92 Å². The number of hydrogen-bond donors (Lipinski definition) is 1. The second-order valence-electron chi connectivity index (χ2n) is 13.5. The van der Waals surface area contributed by atoms with Gasteiger partial charge in [-0.15, -0.1) is 0 Å². The van der Waals surface area contributed by atoms with Crippen molar-refractivity contribution in [2.75, 3.05) is 120 Å². The van der Waals surface area contributed by atoms with Gasteiger partial charge >= 0.3 is 6.03 Å². The van der Waals surface area contributed by atoms with Crippen molar-refractivity contribution in [3.63, 3.8) is 0 Å². The van der Waals surface area contributed by atoms with E-state index < -0.39 is 0 Å². The lowest BCUT2D eigenvalue weighted by molar-refractivity contribution is -0.121. The minimum absolute atomic E-state index is 0.0161. The van der Waals surface area contributed by atoms with Gasteiger partial charge in [0.05, 0.1) is 78.2 Å². The Morgan fingerprint density at radius 2 is 1.35 bits per heavy atom. The molecule has 0 bridgehead atoms. The first-order valence-electron chi connectivity index (χ1n) is 17.8. The molecular weight excluding hydrogens is 616 g/mol. The van der Waals surface area contributed by atoms with Gasteiger partial charge in [0.2, 0.25) is 5.91 Å². The molecule has 1 saturated heterocycles. The predicted octanol–water partition coefficient (Wildman–Crippen LogP) is 3.14. The van der Waals surface area contributed by atoms with Crippen LogP contribution in [0.15, 0.2) is 30.3 Å². The Morgan fingerprint density at radius 1 is 0.812 bits per heavy atom. The monoisotopic (exact) mass is 676 g/mol. The Hall–Kier alpha value is -2.32. The fraction of sp³-hybridized carbons (Fsp3) is 0.778. The van der Waals surface area contributed by atoms with Gasteiger partial charge in [-0.05, 0) is 64.1 Å². The molecule has 12 heteroatoms. The zero-order valence-corrected chi connectivity index (χ0v) is 29.6. The molecule has 3 amide bonds. The normalized spacial score (nSPS) is 23.0. The summed E-state index contributed by atoms with van der Waals surface area (Å²) in [7, 11) is 5.99. The molecule has 0 radical (unpaired) electrons. The molecule has 1 heterocycles. The largest absolute Gasteiger partial charge is 0.382 e. The van der Waals surface area contributed by atoms with E-state index >= 15 is 0 Å². The summed E-state index contributed by atoms with van der Waals surface area (Å²) < 4.78 is 32.3. The average molecular weight is 677 g/mol. The maximum atomic E-state index is 13.8. The van der Waals surface area contributed by atoms with E-state index in [-0.39, 0.29) is 29.6 Å². The summed E-state index contributed by atoms with van der Waals surface area (Å²) in [5.74, 6) is 0.427.